The Morgan fingerprint density at radius 1 is 1.00 bits per heavy atom. The Hall–Kier alpha value is -4.00. The summed E-state index contributed by atoms with van der Waals surface area (Å²) in [5.74, 6) is 1.19. The molecule has 4 aromatic rings. The van der Waals surface area contributed by atoms with Crippen LogP contribution in [0.1, 0.15) is 36.8 Å². The monoisotopic (exact) mass is 445 g/mol. The molecule has 2 N–H and O–H groups in total. The van der Waals surface area contributed by atoms with Crippen LogP contribution in [-0.4, -0.2) is 28.2 Å². The van der Waals surface area contributed by atoms with Gasteiger partial charge < -0.3 is 19.8 Å². The quantitative estimate of drug-likeness (QED) is 0.460. The average molecular weight is 446 g/mol. The summed E-state index contributed by atoms with van der Waals surface area (Å²) < 4.78 is 12.6. The van der Waals surface area contributed by atoms with Crippen LogP contribution < -0.4 is 20.3 Å². The van der Waals surface area contributed by atoms with Crippen molar-refractivity contribution < 1.29 is 14.3 Å². The minimum Gasteiger partial charge on any atom is -0.497 e. The molecule has 0 aliphatic heterocycles. The van der Waals surface area contributed by atoms with Gasteiger partial charge in [-0.2, -0.15) is 0 Å². The maximum atomic E-state index is 12.8. The van der Waals surface area contributed by atoms with Gasteiger partial charge in [0.25, 0.3) is 11.5 Å². The number of methoxy groups -OCH3 is 1. The summed E-state index contributed by atoms with van der Waals surface area (Å²) in [4.78, 5) is 28.6. The summed E-state index contributed by atoms with van der Waals surface area (Å²) in [6.45, 7) is 6.29. The lowest BCUT2D eigenvalue weighted by atomic mass is 10.2. The molecule has 170 valence electrons. The van der Waals surface area contributed by atoms with Crippen LogP contribution in [0.25, 0.3) is 16.7 Å². The predicted molar refractivity (Wildman–Crippen MR) is 128 cm³/mol. The molecule has 0 fully saturated rings. The molecular weight excluding hydrogens is 418 g/mol. The fraction of sp³-hybridized carbons (Fsp3) is 0.231. The number of carbonyl (C=O) groups is 1. The van der Waals surface area contributed by atoms with Gasteiger partial charge in [-0.3, -0.25) is 14.2 Å². The molecule has 0 atom stereocenters. The van der Waals surface area contributed by atoms with Crippen molar-refractivity contribution in [1.29, 1.82) is 0 Å². The van der Waals surface area contributed by atoms with E-state index in [0.29, 0.717) is 23.6 Å². The molecule has 0 aliphatic rings. The fourth-order valence-electron chi connectivity index (χ4n) is 3.57. The van der Waals surface area contributed by atoms with E-state index in [0.717, 1.165) is 22.4 Å². The first-order valence-electron chi connectivity index (χ1n) is 10.7. The molecular formula is C26H27N3O4. The second-order valence-electron chi connectivity index (χ2n) is 8.74. The van der Waals surface area contributed by atoms with Gasteiger partial charge in [0.15, 0.2) is 0 Å². The van der Waals surface area contributed by atoms with Gasteiger partial charge in [0.05, 0.1) is 12.8 Å². The van der Waals surface area contributed by atoms with Gasteiger partial charge in [0.2, 0.25) is 0 Å². The Morgan fingerprint density at radius 2 is 1.76 bits per heavy atom. The van der Waals surface area contributed by atoms with E-state index in [-0.39, 0.29) is 17.1 Å². The van der Waals surface area contributed by atoms with E-state index >= 15 is 0 Å². The van der Waals surface area contributed by atoms with E-state index < -0.39 is 0 Å². The second-order valence-corrected chi connectivity index (χ2v) is 8.74. The highest BCUT2D eigenvalue weighted by atomic mass is 16.5. The van der Waals surface area contributed by atoms with E-state index in [1.165, 1.54) is 6.07 Å². The zero-order valence-corrected chi connectivity index (χ0v) is 19.1. The number of pyridine rings is 1. The van der Waals surface area contributed by atoms with Crippen molar-refractivity contribution >= 4 is 16.9 Å². The molecule has 0 spiro atoms. The van der Waals surface area contributed by atoms with Gasteiger partial charge in [-0.25, -0.2) is 0 Å². The molecule has 0 aliphatic carbocycles. The number of aromatic nitrogens is 2. The number of carbonyl (C=O) groups excluding carboxylic acids is 1. The van der Waals surface area contributed by atoms with E-state index in [4.69, 9.17) is 9.47 Å². The highest BCUT2D eigenvalue weighted by Crippen LogP contribution is 2.22. The van der Waals surface area contributed by atoms with Crippen molar-refractivity contribution in [2.24, 2.45) is 0 Å². The minimum absolute atomic E-state index is 0.197. The van der Waals surface area contributed by atoms with Crippen molar-refractivity contribution in [3.8, 4) is 17.2 Å². The number of H-pyrrole nitrogens is 1. The first-order valence-corrected chi connectivity index (χ1v) is 10.7. The maximum Gasteiger partial charge on any atom is 0.268 e. The average Bonchev–Trinajstić information content (AvgIpc) is 3.22. The smallest absolute Gasteiger partial charge is 0.268 e. The van der Waals surface area contributed by atoms with E-state index in [1.54, 1.807) is 23.8 Å². The minimum atomic E-state index is -0.315. The maximum absolute atomic E-state index is 12.8. The SMILES string of the molecule is COc1cccc(CNC(=O)c2cc3ccc(=O)n(-c4ccc(OC(C)(C)C)cc4)c3[nH]2)c1. The molecule has 0 radical (unpaired) electrons. The van der Waals surface area contributed by atoms with Gasteiger partial charge in [-0.15, -0.1) is 0 Å². The van der Waals surface area contributed by atoms with Crippen LogP contribution in [0.4, 0.5) is 0 Å². The molecule has 0 saturated heterocycles. The summed E-state index contributed by atoms with van der Waals surface area (Å²) in [7, 11) is 1.60. The molecule has 4 rings (SSSR count). The largest absolute Gasteiger partial charge is 0.497 e. The highest BCUT2D eigenvalue weighted by molar-refractivity contribution is 5.97. The van der Waals surface area contributed by atoms with Gasteiger partial charge in [-0.05, 0) is 74.9 Å². The summed E-state index contributed by atoms with van der Waals surface area (Å²) in [6.07, 6.45) is 0. The van der Waals surface area contributed by atoms with Gasteiger partial charge in [0, 0.05) is 18.0 Å². The van der Waals surface area contributed by atoms with Crippen LogP contribution in [0.3, 0.4) is 0 Å². The summed E-state index contributed by atoms with van der Waals surface area (Å²) in [5.41, 5.74) is 2.02. The van der Waals surface area contributed by atoms with Crippen LogP contribution in [0, 0.1) is 0 Å². The third kappa shape index (κ3) is 5.09. The van der Waals surface area contributed by atoms with Crippen molar-refractivity contribution in [3.05, 3.63) is 88.3 Å². The van der Waals surface area contributed by atoms with E-state index in [1.807, 2.05) is 69.3 Å². The molecule has 2 aromatic carbocycles. The lowest BCUT2D eigenvalue weighted by Crippen LogP contribution is -2.23. The van der Waals surface area contributed by atoms with Crippen molar-refractivity contribution in [2.75, 3.05) is 7.11 Å². The van der Waals surface area contributed by atoms with Gasteiger partial charge in [-0.1, -0.05) is 12.1 Å². The number of rotatable bonds is 6. The van der Waals surface area contributed by atoms with Gasteiger partial charge >= 0.3 is 0 Å². The molecule has 0 bridgehead atoms. The zero-order valence-electron chi connectivity index (χ0n) is 19.1. The molecule has 1 amide bonds. The number of fused-ring (bicyclic) bond motifs is 1. The number of nitrogens with one attached hydrogen (secondary N) is 2. The van der Waals surface area contributed by atoms with Crippen molar-refractivity contribution in [1.82, 2.24) is 14.9 Å². The Labute approximate surface area is 192 Å². The van der Waals surface area contributed by atoms with Crippen molar-refractivity contribution in [3.63, 3.8) is 0 Å². The summed E-state index contributed by atoms with van der Waals surface area (Å²) >= 11 is 0. The van der Waals surface area contributed by atoms with Crippen LogP contribution in [-0.2, 0) is 6.54 Å². The number of hydrogen-bond acceptors (Lipinski definition) is 4. The highest BCUT2D eigenvalue weighted by Gasteiger charge is 2.15. The van der Waals surface area contributed by atoms with Crippen LogP contribution in [0.15, 0.2) is 71.5 Å². The Balaban J connectivity index is 1.60. The van der Waals surface area contributed by atoms with E-state index in [2.05, 4.69) is 10.3 Å². The molecule has 2 aromatic heterocycles. The number of benzene rings is 2. The first-order chi connectivity index (χ1) is 15.7. The number of nitrogens with zero attached hydrogens (tertiary/aromatic N) is 1. The third-order valence-electron chi connectivity index (χ3n) is 5.03. The normalized spacial score (nSPS) is 11.4. The number of amides is 1. The summed E-state index contributed by atoms with van der Waals surface area (Å²) in [6, 6.07) is 19.8. The Bertz CT molecular complexity index is 1340. The van der Waals surface area contributed by atoms with Crippen LogP contribution >= 0.6 is 0 Å². The molecule has 2 heterocycles. The number of hydrogen-bond donors (Lipinski definition) is 2. The fourth-order valence-corrected chi connectivity index (χ4v) is 3.57. The van der Waals surface area contributed by atoms with Crippen molar-refractivity contribution in [2.45, 2.75) is 32.9 Å². The first kappa shape index (κ1) is 22.2. The zero-order chi connectivity index (χ0) is 23.6. The number of aromatic amines is 1. The number of ether oxygens (including phenoxy) is 2. The van der Waals surface area contributed by atoms with E-state index in [9.17, 15) is 9.59 Å². The van der Waals surface area contributed by atoms with Crippen LogP contribution in [0.5, 0.6) is 11.5 Å². The van der Waals surface area contributed by atoms with Gasteiger partial charge in [0.1, 0.15) is 28.4 Å². The standard InChI is InChI=1S/C26H27N3O4/c1-26(2,3)33-20-11-9-19(10-12-20)29-23(30)13-8-18-15-22(28-24(18)29)25(31)27-16-17-6-5-7-21(14-17)32-4/h5-15,28H,16H2,1-4H3,(H,27,31). The topological polar surface area (TPSA) is 85.3 Å². The third-order valence-corrected chi connectivity index (χ3v) is 5.03. The molecule has 0 saturated carbocycles. The molecule has 7 nitrogen and oxygen atoms in total. The second kappa shape index (κ2) is 8.86. The summed E-state index contributed by atoms with van der Waals surface area (Å²) in [5, 5.41) is 3.66. The lowest BCUT2D eigenvalue weighted by Gasteiger charge is -2.21. The van der Waals surface area contributed by atoms with Crippen LogP contribution in [0.2, 0.25) is 0 Å². The molecule has 0 unspecified atom stereocenters. The lowest BCUT2D eigenvalue weighted by molar-refractivity contribution is 0.0946. The molecule has 7 heteroatoms. The Morgan fingerprint density at radius 3 is 2.45 bits per heavy atom. The predicted octanol–water partition coefficient (Wildman–Crippen LogP) is 4.43. The molecule has 33 heavy (non-hydrogen) atoms. The Kier molecular flexibility index (Phi) is 5.96.